The van der Waals surface area contributed by atoms with Crippen molar-refractivity contribution < 1.29 is 9.32 Å². The quantitative estimate of drug-likeness (QED) is 0.779. The average molecular weight is 317 g/mol. The van der Waals surface area contributed by atoms with E-state index in [0.29, 0.717) is 18.7 Å². The van der Waals surface area contributed by atoms with Crippen molar-refractivity contribution in [3.05, 3.63) is 30.2 Å². The number of rotatable bonds is 7. The lowest BCUT2D eigenvalue weighted by Gasteiger charge is -2.24. The van der Waals surface area contributed by atoms with Crippen molar-refractivity contribution in [3.8, 4) is 0 Å². The summed E-state index contributed by atoms with van der Waals surface area (Å²) in [5.41, 5.74) is 0. The van der Waals surface area contributed by atoms with Crippen LogP contribution in [0.1, 0.15) is 44.3 Å². The number of carbonyl (C=O) groups is 1. The predicted octanol–water partition coefficient (Wildman–Crippen LogP) is 1.84. The Balaban J connectivity index is 1.52. The molecule has 0 aliphatic carbocycles. The van der Waals surface area contributed by atoms with E-state index in [-0.39, 0.29) is 11.9 Å². The molecule has 0 unspecified atom stereocenters. The number of aromatic nitrogens is 4. The highest BCUT2D eigenvalue weighted by molar-refractivity contribution is 5.77. The summed E-state index contributed by atoms with van der Waals surface area (Å²) in [6, 6.07) is 2.14. The van der Waals surface area contributed by atoms with Crippen LogP contribution in [0.2, 0.25) is 0 Å². The molecule has 1 fully saturated rings. The number of aryl methyl sites for hydroxylation is 2. The van der Waals surface area contributed by atoms with Gasteiger partial charge in [0.1, 0.15) is 0 Å². The topological polar surface area (TPSA) is 77.0 Å². The molecule has 0 bridgehead atoms. The standard InChI is InChI=1S/C16H23N5O2/c1-2-5-14-18-15(23-19-14)7-8-16(22)21-11-3-6-13(21)12-20-10-4-9-17-20/h4,9-10,13H,2-3,5-8,11-12H2,1H3/t13-/m0/s1. The third kappa shape index (κ3) is 3.97. The second-order valence-corrected chi connectivity index (χ2v) is 5.97. The van der Waals surface area contributed by atoms with Crippen molar-refractivity contribution in [1.29, 1.82) is 0 Å². The molecule has 3 rings (SSSR count). The molecule has 0 N–H and O–H groups in total. The summed E-state index contributed by atoms with van der Waals surface area (Å²) in [4.78, 5) is 18.8. The normalized spacial score (nSPS) is 17.8. The molecule has 1 aliphatic rings. The van der Waals surface area contributed by atoms with Gasteiger partial charge >= 0.3 is 0 Å². The average Bonchev–Trinajstić information content (AvgIpc) is 3.27. The Hall–Kier alpha value is -2.18. The van der Waals surface area contributed by atoms with Gasteiger partial charge in [-0.15, -0.1) is 0 Å². The van der Waals surface area contributed by atoms with E-state index in [0.717, 1.165) is 44.6 Å². The zero-order valence-electron chi connectivity index (χ0n) is 13.5. The van der Waals surface area contributed by atoms with Gasteiger partial charge in [-0.3, -0.25) is 9.48 Å². The smallest absolute Gasteiger partial charge is 0.227 e. The fraction of sp³-hybridized carbons (Fsp3) is 0.625. The van der Waals surface area contributed by atoms with E-state index in [1.165, 1.54) is 0 Å². The molecule has 3 heterocycles. The van der Waals surface area contributed by atoms with Gasteiger partial charge in [0.15, 0.2) is 5.82 Å². The van der Waals surface area contributed by atoms with Crippen LogP contribution in [0, 0.1) is 0 Å². The maximum atomic E-state index is 12.5. The highest BCUT2D eigenvalue weighted by Crippen LogP contribution is 2.20. The lowest BCUT2D eigenvalue weighted by Crippen LogP contribution is -2.38. The predicted molar refractivity (Wildman–Crippen MR) is 83.6 cm³/mol. The Kier molecular flexibility index (Phi) is 5.05. The summed E-state index contributed by atoms with van der Waals surface area (Å²) < 4.78 is 7.09. The number of hydrogen-bond donors (Lipinski definition) is 0. The van der Waals surface area contributed by atoms with Gasteiger partial charge in [-0.25, -0.2) is 0 Å². The summed E-state index contributed by atoms with van der Waals surface area (Å²) in [5.74, 6) is 1.45. The summed E-state index contributed by atoms with van der Waals surface area (Å²) in [6.45, 7) is 3.67. The molecule has 0 spiro atoms. The van der Waals surface area contributed by atoms with Gasteiger partial charge in [-0.05, 0) is 25.3 Å². The molecule has 124 valence electrons. The maximum absolute atomic E-state index is 12.5. The molecule has 23 heavy (non-hydrogen) atoms. The first kappa shape index (κ1) is 15.7. The second-order valence-electron chi connectivity index (χ2n) is 5.97. The van der Waals surface area contributed by atoms with Crippen molar-refractivity contribution in [3.63, 3.8) is 0 Å². The Morgan fingerprint density at radius 3 is 3.13 bits per heavy atom. The van der Waals surface area contributed by atoms with E-state index < -0.39 is 0 Å². The molecule has 7 heteroatoms. The molecular weight excluding hydrogens is 294 g/mol. The molecule has 0 radical (unpaired) electrons. The van der Waals surface area contributed by atoms with Crippen molar-refractivity contribution in [2.24, 2.45) is 0 Å². The molecule has 0 aromatic carbocycles. The number of carbonyl (C=O) groups excluding carboxylic acids is 1. The van der Waals surface area contributed by atoms with Crippen LogP contribution in [0.3, 0.4) is 0 Å². The lowest BCUT2D eigenvalue weighted by atomic mass is 10.2. The second kappa shape index (κ2) is 7.39. The minimum Gasteiger partial charge on any atom is -0.339 e. The summed E-state index contributed by atoms with van der Waals surface area (Å²) in [6.07, 6.45) is 8.53. The SMILES string of the molecule is CCCc1noc(CCC(=O)N2CCC[C@H]2Cn2cccn2)n1. The lowest BCUT2D eigenvalue weighted by molar-refractivity contribution is -0.132. The molecule has 2 aromatic rings. The third-order valence-electron chi connectivity index (χ3n) is 4.19. The molecule has 1 saturated heterocycles. The van der Waals surface area contributed by atoms with Gasteiger partial charge in [0.2, 0.25) is 11.8 Å². The number of amides is 1. The highest BCUT2D eigenvalue weighted by Gasteiger charge is 2.29. The Morgan fingerprint density at radius 2 is 2.35 bits per heavy atom. The van der Waals surface area contributed by atoms with E-state index in [1.54, 1.807) is 6.20 Å². The molecule has 0 saturated carbocycles. The number of likely N-dealkylation sites (tertiary alicyclic amines) is 1. The van der Waals surface area contributed by atoms with E-state index in [1.807, 2.05) is 21.8 Å². The Bertz CT molecular complexity index is 622. The highest BCUT2D eigenvalue weighted by atomic mass is 16.5. The van der Waals surface area contributed by atoms with Gasteiger partial charge in [0, 0.05) is 38.2 Å². The molecule has 1 amide bonds. The summed E-state index contributed by atoms with van der Waals surface area (Å²) >= 11 is 0. The van der Waals surface area contributed by atoms with Gasteiger partial charge in [-0.1, -0.05) is 12.1 Å². The van der Waals surface area contributed by atoms with Gasteiger partial charge in [-0.2, -0.15) is 10.1 Å². The van der Waals surface area contributed by atoms with Crippen LogP contribution in [0.4, 0.5) is 0 Å². The van der Waals surface area contributed by atoms with E-state index in [4.69, 9.17) is 4.52 Å². The Labute approximate surface area is 135 Å². The molecule has 1 atom stereocenters. The molecule has 2 aromatic heterocycles. The minimum absolute atomic E-state index is 0.162. The van der Waals surface area contributed by atoms with Crippen molar-refractivity contribution in [1.82, 2.24) is 24.8 Å². The fourth-order valence-corrected chi connectivity index (χ4v) is 3.05. The van der Waals surface area contributed by atoms with E-state index in [9.17, 15) is 4.79 Å². The van der Waals surface area contributed by atoms with Gasteiger partial charge in [0.05, 0.1) is 12.6 Å². The van der Waals surface area contributed by atoms with Crippen LogP contribution in [0.15, 0.2) is 23.0 Å². The van der Waals surface area contributed by atoms with Crippen LogP contribution in [0.25, 0.3) is 0 Å². The molecule has 7 nitrogen and oxygen atoms in total. The van der Waals surface area contributed by atoms with Crippen LogP contribution in [-0.4, -0.2) is 43.3 Å². The largest absolute Gasteiger partial charge is 0.339 e. The van der Waals surface area contributed by atoms with Crippen LogP contribution in [0.5, 0.6) is 0 Å². The minimum atomic E-state index is 0.162. The Morgan fingerprint density at radius 1 is 1.43 bits per heavy atom. The van der Waals surface area contributed by atoms with Gasteiger partial charge in [0.25, 0.3) is 0 Å². The zero-order chi connectivity index (χ0) is 16.1. The van der Waals surface area contributed by atoms with Crippen molar-refractivity contribution in [2.45, 2.75) is 58.0 Å². The van der Waals surface area contributed by atoms with Crippen molar-refractivity contribution >= 4 is 5.91 Å². The van der Waals surface area contributed by atoms with Crippen LogP contribution >= 0.6 is 0 Å². The van der Waals surface area contributed by atoms with E-state index in [2.05, 4.69) is 22.2 Å². The first-order valence-electron chi connectivity index (χ1n) is 8.34. The fourth-order valence-electron chi connectivity index (χ4n) is 3.05. The van der Waals surface area contributed by atoms with E-state index >= 15 is 0 Å². The number of hydrogen-bond acceptors (Lipinski definition) is 5. The maximum Gasteiger partial charge on any atom is 0.227 e. The van der Waals surface area contributed by atoms with Crippen LogP contribution in [-0.2, 0) is 24.2 Å². The monoisotopic (exact) mass is 317 g/mol. The van der Waals surface area contributed by atoms with Gasteiger partial charge < -0.3 is 9.42 Å². The number of nitrogens with zero attached hydrogens (tertiary/aromatic N) is 5. The first-order valence-corrected chi connectivity index (χ1v) is 8.34. The molecular formula is C16H23N5O2. The van der Waals surface area contributed by atoms with Crippen molar-refractivity contribution in [2.75, 3.05) is 6.54 Å². The summed E-state index contributed by atoms with van der Waals surface area (Å²) in [5, 5.41) is 8.16. The third-order valence-corrected chi connectivity index (χ3v) is 4.19. The molecule has 1 aliphatic heterocycles. The first-order chi connectivity index (χ1) is 11.3. The van der Waals surface area contributed by atoms with Crippen LogP contribution < -0.4 is 0 Å². The summed E-state index contributed by atoms with van der Waals surface area (Å²) in [7, 11) is 0. The zero-order valence-corrected chi connectivity index (χ0v) is 13.5.